The molecular formula is C28H41NOS. The van der Waals surface area contributed by atoms with Crippen molar-refractivity contribution in [2.75, 3.05) is 6.61 Å². The molecule has 0 unspecified atom stereocenters. The van der Waals surface area contributed by atoms with E-state index in [-0.39, 0.29) is 0 Å². The summed E-state index contributed by atoms with van der Waals surface area (Å²) in [6.07, 6.45) is 18.8. The minimum absolute atomic E-state index is 0.421. The van der Waals surface area contributed by atoms with Gasteiger partial charge in [0.25, 0.3) is 0 Å². The quantitative estimate of drug-likeness (QED) is 0.189. The Morgan fingerprint density at radius 3 is 1.77 bits per heavy atom. The SMILES string of the molecule is NC(=S)c1cccc(OCCCCCCCCCCCCCCCc2ccccc2)c1. The molecule has 0 heterocycles. The maximum atomic E-state index is 5.81. The second kappa shape index (κ2) is 16.8. The largest absolute Gasteiger partial charge is 0.494 e. The van der Waals surface area contributed by atoms with Crippen LogP contribution in [0, 0.1) is 0 Å². The summed E-state index contributed by atoms with van der Waals surface area (Å²) in [5.41, 5.74) is 8.02. The molecule has 0 saturated heterocycles. The molecule has 0 radical (unpaired) electrons. The summed E-state index contributed by atoms with van der Waals surface area (Å²) in [5.74, 6) is 0.862. The molecule has 2 nitrogen and oxygen atoms in total. The van der Waals surface area contributed by atoms with Crippen LogP contribution in [-0.2, 0) is 6.42 Å². The van der Waals surface area contributed by atoms with E-state index in [4.69, 9.17) is 22.7 Å². The molecule has 0 saturated carbocycles. The molecule has 2 rings (SSSR count). The van der Waals surface area contributed by atoms with Crippen molar-refractivity contribution < 1.29 is 4.74 Å². The van der Waals surface area contributed by atoms with Gasteiger partial charge in [0, 0.05) is 5.56 Å². The summed E-state index contributed by atoms with van der Waals surface area (Å²) >= 11 is 5.01. The van der Waals surface area contributed by atoms with E-state index in [0.29, 0.717) is 4.99 Å². The van der Waals surface area contributed by atoms with Gasteiger partial charge in [-0.2, -0.15) is 0 Å². The first kappa shape index (κ1) is 25.4. The first-order chi connectivity index (χ1) is 15.3. The van der Waals surface area contributed by atoms with Gasteiger partial charge >= 0.3 is 0 Å². The maximum Gasteiger partial charge on any atom is 0.119 e. The molecule has 0 atom stereocenters. The Labute approximate surface area is 195 Å². The van der Waals surface area contributed by atoms with Crippen molar-refractivity contribution in [3.63, 3.8) is 0 Å². The second-order valence-corrected chi connectivity index (χ2v) is 9.01. The third-order valence-electron chi connectivity index (χ3n) is 5.84. The summed E-state index contributed by atoms with van der Waals surface area (Å²) in [7, 11) is 0. The molecule has 3 heteroatoms. The van der Waals surface area contributed by atoms with Gasteiger partial charge in [-0.3, -0.25) is 0 Å². The summed E-state index contributed by atoms with van der Waals surface area (Å²) in [4.78, 5) is 0.421. The normalized spacial score (nSPS) is 10.8. The van der Waals surface area contributed by atoms with Crippen LogP contribution in [0.15, 0.2) is 54.6 Å². The highest BCUT2D eigenvalue weighted by Crippen LogP contribution is 2.16. The van der Waals surface area contributed by atoms with Crippen LogP contribution in [0.5, 0.6) is 5.75 Å². The molecule has 2 aromatic carbocycles. The number of benzene rings is 2. The summed E-state index contributed by atoms with van der Waals surface area (Å²) in [5, 5.41) is 0. The van der Waals surface area contributed by atoms with Crippen molar-refractivity contribution in [2.24, 2.45) is 5.73 Å². The highest BCUT2D eigenvalue weighted by atomic mass is 32.1. The van der Waals surface area contributed by atoms with Gasteiger partial charge in [-0.25, -0.2) is 0 Å². The van der Waals surface area contributed by atoms with Crippen molar-refractivity contribution in [3.05, 3.63) is 65.7 Å². The lowest BCUT2D eigenvalue weighted by Crippen LogP contribution is -2.09. The van der Waals surface area contributed by atoms with Gasteiger partial charge in [-0.15, -0.1) is 0 Å². The average Bonchev–Trinajstić information content (AvgIpc) is 2.79. The Morgan fingerprint density at radius 1 is 0.645 bits per heavy atom. The Balaban J connectivity index is 1.30. The fourth-order valence-electron chi connectivity index (χ4n) is 3.95. The smallest absolute Gasteiger partial charge is 0.119 e. The van der Waals surface area contributed by atoms with Crippen molar-refractivity contribution in [3.8, 4) is 5.75 Å². The lowest BCUT2D eigenvalue weighted by atomic mass is 10.0. The zero-order valence-corrected chi connectivity index (χ0v) is 20.0. The number of rotatable bonds is 18. The molecular weight excluding hydrogens is 398 g/mol. The van der Waals surface area contributed by atoms with Gasteiger partial charge < -0.3 is 10.5 Å². The first-order valence-electron chi connectivity index (χ1n) is 12.3. The summed E-state index contributed by atoms with van der Waals surface area (Å²) in [6, 6.07) is 18.6. The fraction of sp³-hybridized carbons (Fsp3) is 0.536. The Kier molecular flexibility index (Phi) is 13.7. The van der Waals surface area contributed by atoms with Crippen LogP contribution in [0.25, 0.3) is 0 Å². The van der Waals surface area contributed by atoms with E-state index < -0.39 is 0 Å². The molecule has 0 aliphatic rings. The molecule has 170 valence electrons. The molecule has 0 aliphatic heterocycles. The molecule has 31 heavy (non-hydrogen) atoms. The zero-order valence-electron chi connectivity index (χ0n) is 19.2. The van der Waals surface area contributed by atoms with Gasteiger partial charge in [0.15, 0.2) is 0 Å². The average molecular weight is 440 g/mol. The molecule has 0 fully saturated rings. The zero-order chi connectivity index (χ0) is 22.0. The van der Waals surface area contributed by atoms with Crippen LogP contribution in [0.3, 0.4) is 0 Å². The molecule has 2 aromatic rings. The molecule has 0 aliphatic carbocycles. The lowest BCUT2D eigenvalue weighted by Gasteiger charge is -2.07. The van der Waals surface area contributed by atoms with E-state index in [1.807, 2.05) is 24.3 Å². The minimum Gasteiger partial charge on any atom is -0.494 e. The standard InChI is InChI=1S/C28H41NOS/c29-28(31)26-21-17-22-27(24-26)30-23-16-11-9-7-5-3-1-2-4-6-8-10-13-18-25-19-14-12-15-20-25/h12,14-15,17,19-22,24H,1-11,13,16,18,23H2,(H2,29,31). The van der Waals surface area contributed by atoms with Crippen molar-refractivity contribution in [1.29, 1.82) is 0 Å². The van der Waals surface area contributed by atoms with Gasteiger partial charge in [-0.05, 0) is 37.0 Å². The first-order valence-corrected chi connectivity index (χ1v) is 12.7. The molecule has 0 amide bonds. The summed E-state index contributed by atoms with van der Waals surface area (Å²) in [6.45, 7) is 0.770. The topological polar surface area (TPSA) is 35.2 Å². The van der Waals surface area contributed by atoms with Crippen molar-refractivity contribution in [2.45, 2.75) is 89.9 Å². The Morgan fingerprint density at radius 2 is 1.19 bits per heavy atom. The number of hydrogen-bond donors (Lipinski definition) is 1. The molecule has 0 spiro atoms. The van der Waals surface area contributed by atoms with Crippen LogP contribution >= 0.6 is 12.2 Å². The van der Waals surface area contributed by atoms with Gasteiger partial charge in [0.2, 0.25) is 0 Å². The maximum absolute atomic E-state index is 5.81. The third-order valence-corrected chi connectivity index (χ3v) is 6.08. The van der Waals surface area contributed by atoms with Gasteiger partial charge in [0.1, 0.15) is 10.7 Å². The van der Waals surface area contributed by atoms with E-state index in [0.717, 1.165) is 24.3 Å². The van der Waals surface area contributed by atoms with E-state index >= 15 is 0 Å². The second-order valence-electron chi connectivity index (χ2n) is 8.57. The minimum atomic E-state index is 0.421. The van der Waals surface area contributed by atoms with Crippen LogP contribution in [-0.4, -0.2) is 11.6 Å². The van der Waals surface area contributed by atoms with E-state index in [9.17, 15) is 0 Å². The fourth-order valence-corrected chi connectivity index (χ4v) is 4.08. The van der Waals surface area contributed by atoms with Crippen LogP contribution in [0.2, 0.25) is 0 Å². The number of unbranched alkanes of at least 4 members (excludes halogenated alkanes) is 12. The molecule has 0 aromatic heterocycles. The number of aryl methyl sites for hydroxylation is 1. The number of nitrogens with two attached hydrogens (primary N) is 1. The number of hydrogen-bond acceptors (Lipinski definition) is 2. The lowest BCUT2D eigenvalue weighted by molar-refractivity contribution is 0.304. The highest BCUT2D eigenvalue weighted by Gasteiger charge is 2.00. The number of thiocarbonyl (C=S) groups is 1. The van der Waals surface area contributed by atoms with Gasteiger partial charge in [-0.1, -0.05) is 125 Å². The summed E-state index contributed by atoms with van der Waals surface area (Å²) < 4.78 is 5.81. The monoisotopic (exact) mass is 439 g/mol. The Bertz CT molecular complexity index is 716. The Hall–Kier alpha value is -1.87. The predicted octanol–water partition coefficient (Wildman–Crippen LogP) is 8.01. The molecule has 0 bridgehead atoms. The van der Waals surface area contributed by atoms with E-state index in [2.05, 4.69) is 30.3 Å². The third kappa shape index (κ3) is 12.5. The van der Waals surface area contributed by atoms with E-state index in [1.165, 1.54) is 89.0 Å². The van der Waals surface area contributed by atoms with E-state index in [1.54, 1.807) is 0 Å². The van der Waals surface area contributed by atoms with Crippen molar-refractivity contribution in [1.82, 2.24) is 0 Å². The predicted molar refractivity (Wildman–Crippen MR) is 138 cm³/mol. The van der Waals surface area contributed by atoms with Crippen LogP contribution in [0.1, 0.15) is 94.6 Å². The number of ether oxygens (including phenoxy) is 1. The van der Waals surface area contributed by atoms with Gasteiger partial charge in [0.05, 0.1) is 6.61 Å². The van der Waals surface area contributed by atoms with Crippen molar-refractivity contribution >= 4 is 17.2 Å². The molecule has 2 N–H and O–H groups in total. The highest BCUT2D eigenvalue weighted by molar-refractivity contribution is 7.80. The van der Waals surface area contributed by atoms with Crippen LogP contribution < -0.4 is 10.5 Å². The van der Waals surface area contributed by atoms with Crippen LogP contribution in [0.4, 0.5) is 0 Å².